The lowest BCUT2D eigenvalue weighted by Crippen LogP contribution is -2.41. The van der Waals surface area contributed by atoms with E-state index in [-0.39, 0.29) is 5.69 Å². The third-order valence-electron chi connectivity index (χ3n) is 3.40. The van der Waals surface area contributed by atoms with Gasteiger partial charge in [-0.2, -0.15) is 18.3 Å². The van der Waals surface area contributed by atoms with Gasteiger partial charge in [0.25, 0.3) is 11.8 Å². The summed E-state index contributed by atoms with van der Waals surface area (Å²) in [6.45, 7) is 0. The van der Waals surface area contributed by atoms with Crippen LogP contribution in [0.5, 0.6) is 5.75 Å². The van der Waals surface area contributed by atoms with Gasteiger partial charge >= 0.3 is 6.18 Å². The van der Waals surface area contributed by atoms with Gasteiger partial charge in [0.15, 0.2) is 11.4 Å². The molecule has 0 bridgehead atoms. The maximum atomic E-state index is 13.1. The molecule has 3 rings (SSSR count). The highest BCUT2D eigenvalue weighted by Crippen LogP contribution is 2.34. The summed E-state index contributed by atoms with van der Waals surface area (Å²) >= 11 is 1.15. The number of hydrogen-bond donors (Lipinski definition) is 3. The van der Waals surface area contributed by atoms with E-state index in [1.807, 2.05) is 5.43 Å². The summed E-state index contributed by atoms with van der Waals surface area (Å²) in [4.78, 5) is 24.2. The van der Waals surface area contributed by atoms with Crippen LogP contribution >= 0.6 is 11.3 Å². The normalized spacial score (nSPS) is 11.2. The summed E-state index contributed by atoms with van der Waals surface area (Å²) in [5, 5.41) is 15.2. The van der Waals surface area contributed by atoms with Gasteiger partial charge < -0.3 is 5.11 Å². The number of nitrogens with one attached hydrogen (secondary N) is 2. The Morgan fingerprint density at radius 2 is 1.78 bits per heavy atom. The molecule has 7 nitrogen and oxygen atoms in total. The van der Waals surface area contributed by atoms with Crippen molar-refractivity contribution in [1.82, 2.24) is 20.6 Å². The molecule has 0 saturated carbocycles. The zero-order valence-corrected chi connectivity index (χ0v) is 14.1. The first-order valence-electron chi connectivity index (χ1n) is 7.37. The number of para-hydroxylation sites is 1. The number of aromatic nitrogens is 2. The number of benzene rings is 1. The number of halogens is 3. The second-order valence-electron chi connectivity index (χ2n) is 5.21. The number of amides is 2. The summed E-state index contributed by atoms with van der Waals surface area (Å²) < 4.78 is 40.1. The van der Waals surface area contributed by atoms with E-state index in [2.05, 4.69) is 10.5 Å². The van der Waals surface area contributed by atoms with Crippen LogP contribution in [-0.4, -0.2) is 26.7 Å². The van der Waals surface area contributed by atoms with Crippen molar-refractivity contribution in [2.24, 2.45) is 0 Å². The van der Waals surface area contributed by atoms with Crippen LogP contribution in [0.15, 0.2) is 48.0 Å². The van der Waals surface area contributed by atoms with Gasteiger partial charge in [-0.3, -0.25) is 20.4 Å². The van der Waals surface area contributed by atoms with Crippen LogP contribution in [-0.2, 0) is 6.18 Å². The van der Waals surface area contributed by atoms with E-state index in [0.717, 1.165) is 34.3 Å². The third kappa shape index (κ3) is 3.92. The van der Waals surface area contributed by atoms with Gasteiger partial charge in [0.05, 0.1) is 22.3 Å². The zero-order valence-electron chi connectivity index (χ0n) is 13.3. The minimum atomic E-state index is -4.64. The number of thiophene rings is 1. The standard InChI is InChI=1S/C16H11F3N4O3S/c17-16(18,19)9-4-1-2-5-10(9)23-8-11(24)13(22-23)15(26)21-20-14(25)12-6-3-7-27-12/h1-8,24H,(H,20,25)(H,21,26). The van der Waals surface area contributed by atoms with Crippen LogP contribution in [0.2, 0.25) is 0 Å². The third-order valence-corrected chi connectivity index (χ3v) is 4.27. The lowest BCUT2D eigenvalue weighted by molar-refractivity contribution is -0.137. The maximum Gasteiger partial charge on any atom is 0.418 e. The molecule has 3 N–H and O–H groups in total. The average Bonchev–Trinajstić information content (AvgIpc) is 3.28. The van der Waals surface area contributed by atoms with Crippen molar-refractivity contribution in [2.45, 2.75) is 6.18 Å². The molecule has 0 unspecified atom stereocenters. The number of hydrogen-bond acceptors (Lipinski definition) is 5. The summed E-state index contributed by atoms with van der Waals surface area (Å²) in [5.41, 5.74) is 2.29. The minimum absolute atomic E-state index is 0.337. The first-order chi connectivity index (χ1) is 12.8. The number of carbonyl (C=O) groups is 2. The number of alkyl halides is 3. The predicted octanol–water partition coefficient (Wildman–Crippen LogP) is 2.73. The van der Waals surface area contributed by atoms with Crippen LogP contribution < -0.4 is 10.9 Å². The van der Waals surface area contributed by atoms with E-state index in [0.29, 0.717) is 4.88 Å². The molecule has 0 radical (unpaired) electrons. The fourth-order valence-electron chi connectivity index (χ4n) is 2.21. The Labute approximate surface area is 154 Å². The van der Waals surface area contributed by atoms with Crippen molar-refractivity contribution in [3.05, 3.63) is 64.1 Å². The summed E-state index contributed by atoms with van der Waals surface area (Å²) in [5.74, 6) is -2.21. The first kappa shape index (κ1) is 18.5. The molecule has 0 saturated heterocycles. The highest BCUT2D eigenvalue weighted by Gasteiger charge is 2.34. The van der Waals surface area contributed by atoms with E-state index in [4.69, 9.17) is 0 Å². The van der Waals surface area contributed by atoms with E-state index in [9.17, 15) is 27.9 Å². The van der Waals surface area contributed by atoms with Gasteiger partial charge in [-0.15, -0.1) is 11.3 Å². The van der Waals surface area contributed by atoms with Crippen molar-refractivity contribution in [3.8, 4) is 11.4 Å². The number of rotatable bonds is 3. The zero-order chi connectivity index (χ0) is 19.6. The van der Waals surface area contributed by atoms with Crippen LogP contribution in [0.25, 0.3) is 5.69 Å². The molecule has 2 amide bonds. The molecule has 140 valence electrons. The SMILES string of the molecule is O=C(NNC(=O)c1nn(-c2ccccc2C(F)(F)F)cc1O)c1cccs1. The summed E-state index contributed by atoms with van der Waals surface area (Å²) in [6, 6.07) is 7.76. The van der Waals surface area contributed by atoms with Gasteiger partial charge in [0, 0.05) is 0 Å². The molecule has 2 heterocycles. The number of hydrazine groups is 1. The van der Waals surface area contributed by atoms with Gasteiger partial charge in [-0.1, -0.05) is 18.2 Å². The van der Waals surface area contributed by atoms with Gasteiger partial charge in [0.2, 0.25) is 0 Å². The van der Waals surface area contributed by atoms with E-state index < -0.39 is 35.0 Å². The van der Waals surface area contributed by atoms with E-state index in [1.54, 1.807) is 11.4 Å². The lowest BCUT2D eigenvalue weighted by Gasteiger charge is -2.12. The molecule has 0 spiro atoms. The Morgan fingerprint density at radius 1 is 1.07 bits per heavy atom. The molecule has 3 aromatic rings. The van der Waals surface area contributed by atoms with Crippen molar-refractivity contribution >= 4 is 23.2 Å². The maximum absolute atomic E-state index is 13.1. The van der Waals surface area contributed by atoms with Crippen molar-refractivity contribution < 1.29 is 27.9 Å². The average molecular weight is 396 g/mol. The molecule has 27 heavy (non-hydrogen) atoms. The Hall–Kier alpha value is -3.34. The second-order valence-corrected chi connectivity index (χ2v) is 6.16. The minimum Gasteiger partial charge on any atom is -0.504 e. The Morgan fingerprint density at radius 3 is 2.44 bits per heavy atom. The van der Waals surface area contributed by atoms with Crippen LogP contribution in [0.1, 0.15) is 25.7 Å². The largest absolute Gasteiger partial charge is 0.504 e. The summed E-state index contributed by atoms with van der Waals surface area (Å²) in [7, 11) is 0. The van der Waals surface area contributed by atoms with Crippen molar-refractivity contribution in [2.75, 3.05) is 0 Å². The van der Waals surface area contributed by atoms with Gasteiger partial charge in [-0.05, 0) is 23.6 Å². The molecule has 11 heteroatoms. The lowest BCUT2D eigenvalue weighted by atomic mass is 10.2. The molecule has 0 aliphatic rings. The highest BCUT2D eigenvalue weighted by molar-refractivity contribution is 7.12. The molecule has 0 aliphatic heterocycles. The number of nitrogens with zero attached hydrogens (tertiary/aromatic N) is 2. The Bertz CT molecular complexity index is 983. The fourth-order valence-corrected chi connectivity index (χ4v) is 2.82. The van der Waals surface area contributed by atoms with Crippen molar-refractivity contribution in [3.63, 3.8) is 0 Å². The van der Waals surface area contributed by atoms with Gasteiger partial charge in [0.1, 0.15) is 0 Å². The molecule has 2 aromatic heterocycles. The molecule has 0 atom stereocenters. The van der Waals surface area contributed by atoms with Crippen LogP contribution in [0, 0.1) is 0 Å². The Kier molecular flexibility index (Phi) is 4.86. The monoisotopic (exact) mass is 396 g/mol. The molecule has 0 fully saturated rings. The highest BCUT2D eigenvalue weighted by atomic mass is 32.1. The Balaban J connectivity index is 1.81. The molecule has 0 aliphatic carbocycles. The van der Waals surface area contributed by atoms with Crippen LogP contribution in [0.4, 0.5) is 13.2 Å². The molecule has 1 aromatic carbocycles. The van der Waals surface area contributed by atoms with E-state index >= 15 is 0 Å². The number of carbonyl (C=O) groups excluding carboxylic acids is 2. The smallest absolute Gasteiger partial charge is 0.418 e. The topological polar surface area (TPSA) is 96.3 Å². The van der Waals surface area contributed by atoms with Gasteiger partial charge in [-0.25, -0.2) is 4.68 Å². The van der Waals surface area contributed by atoms with Crippen molar-refractivity contribution in [1.29, 1.82) is 0 Å². The fraction of sp³-hybridized carbons (Fsp3) is 0.0625. The first-order valence-corrected chi connectivity index (χ1v) is 8.25. The summed E-state index contributed by atoms with van der Waals surface area (Å²) in [6.07, 6.45) is -3.77. The van der Waals surface area contributed by atoms with Crippen LogP contribution in [0.3, 0.4) is 0 Å². The number of aromatic hydroxyl groups is 1. The molecular weight excluding hydrogens is 385 g/mol. The second kappa shape index (κ2) is 7.11. The molecular formula is C16H11F3N4O3S. The predicted molar refractivity (Wildman–Crippen MR) is 89.5 cm³/mol. The quantitative estimate of drug-likeness (QED) is 0.593. The van der Waals surface area contributed by atoms with E-state index in [1.165, 1.54) is 18.2 Å².